The highest BCUT2D eigenvalue weighted by Crippen LogP contribution is 2.33. The molecule has 1 aromatic heterocycles. The lowest BCUT2D eigenvalue weighted by atomic mass is 10.2. The summed E-state index contributed by atoms with van der Waals surface area (Å²) in [7, 11) is 1.52. The Kier molecular flexibility index (Phi) is 4.24. The zero-order valence-electron chi connectivity index (χ0n) is 11.8. The number of anilines is 2. The quantitative estimate of drug-likeness (QED) is 0.895. The lowest BCUT2D eigenvalue weighted by molar-refractivity contribution is -0.137. The molecule has 1 aliphatic heterocycles. The largest absolute Gasteiger partial charge is 0.416 e. The Bertz CT molecular complexity index is 533. The maximum atomic E-state index is 12.9. The third kappa shape index (κ3) is 3.77. The Balaban J connectivity index is 2.22. The van der Waals surface area contributed by atoms with Gasteiger partial charge < -0.3 is 15.5 Å². The maximum absolute atomic E-state index is 12.9. The number of hydrogen-bond donors (Lipinski definition) is 2. The van der Waals surface area contributed by atoms with Crippen molar-refractivity contribution in [1.82, 2.24) is 10.3 Å². The molecule has 1 aliphatic rings. The topological polar surface area (TPSA) is 57.3 Å². The van der Waals surface area contributed by atoms with Gasteiger partial charge in [-0.2, -0.15) is 13.2 Å². The first kappa shape index (κ1) is 15.4. The first-order chi connectivity index (χ1) is 9.79. The van der Waals surface area contributed by atoms with Crippen molar-refractivity contribution < 1.29 is 18.0 Å². The minimum Gasteiger partial charge on any atom is -0.373 e. The van der Waals surface area contributed by atoms with E-state index in [0.29, 0.717) is 19.5 Å². The number of nitrogens with zero attached hydrogens (tertiary/aromatic N) is 2. The van der Waals surface area contributed by atoms with Crippen LogP contribution in [-0.4, -0.2) is 37.1 Å². The second-order valence-corrected chi connectivity index (χ2v) is 4.98. The van der Waals surface area contributed by atoms with Crippen LogP contribution in [0.4, 0.5) is 24.8 Å². The molecule has 0 aliphatic carbocycles. The molecule has 0 aromatic carbocycles. The Hall–Kier alpha value is -1.99. The minimum absolute atomic E-state index is 0.0584. The lowest BCUT2D eigenvalue weighted by Crippen LogP contribution is -2.35. The number of rotatable bonds is 3. The summed E-state index contributed by atoms with van der Waals surface area (Å²) in [5, 5.41) is 5.41. The van der Waals surface area contributed by atoms with Crippen LogP contribution in [0.25, 0.3) is 0 Å². The van der Waals surface area contributed by atoms with Gasteiger partial charge in [-0.15, -0.1) is 0 Å². The van der Waals surface area contributed by atoms with Crippen molar-refractivity contribution in [3.05, 3.63) is 17.7 Å². The molecule has 1 atom stereocenters. The van der Waals surface area contributed by atoms with Crippen LogP contribution in [0.15, 0.2) is 12.1 Å². The molecule has 5 nitrogen and oxygen atoms in total. The van der Waals surface area contributed by atoms with Crippen molar-refractivity contribution in [2.45, 2.75) is 25.6 Å². The first-order valence-electron chi connectivity index (χ1n) is 6.58. The second kappa shape index (κ2) is 5.79. The third-order valence-electron chi connectivity index (χ3n) is 3.31. The fraction of sp³-hybridized carbons (Fsp3) is 0.538. The molecule has 1 saturated heterocycles. The molecule has 0 saturated carbocycles. The number of alkyl halides is 3. The maximum Gasteiger partial charge on any atom is 0.416 e. The molecule has 2 heterocycles. The van der Waals surface area contributed by atoms with E-state index < -0.39 is 11.7 Å². The summed E-state index contributed by atoms with van der Waals surface area (Å²) in [5.74, 6) is 0.291. The van der Waals surface area contributed by atoms with Crippen LogP contribution in [-0.2, 0) is 11.0 Å². The summed E-state index contributed by atoms with van der Waals surface area (Å²) < 4.78 is 38.7. The standard InChI is InChI=1S/C13H17F3N4O/c1-8(21)18-10-3-4-20(7-10)12-6-9(13(14,15)16)5-11(17-2)19-12/h5-6,10H,3-4,7H2,1-2H3,(H,17,19)(H,18,21). The van der Waals surface area contributed by atoms with Gasteiger partial charge in [0.1, 0.15) is 11.6 Å². The predicted octanol–water partition coefficient (Wildman–Crippen LogP) is 1.86. The molecule has 21 heavy (non-hydrogen) atoms. The number of aromatic nitrogens is 1. The van der Waals surface area contributed by atoms with Crippen molar-refractivity contribution in [3.63, 3.8) is 0 Å². The minimum atomic E-state index is -4.42. The Morgan fingerprint density at radius 3 is 2.71 bits per heavy atom. The summed E-state index contributed by atoms with van der Waals surface area (Å²) in [6, 6.07) is 1.96. The van der Waals surface area contributed by atoms with Gasteiger partial charge in [-0.05, 0) is 18.6 Å². The summed E-state index contributed by atoms with van der Waals surface area (Å²) in [5.41, 5.74) is -0.736. The van der Waals surface area contributed by atoms with E-state index in [1.807, 2.05) is 0 Å². The van der Waals surface area contributed by atoms with Crippen LogP contribution < -0.4 is 15.5 Å². The molecule has 1 aromatic rings. The zero-order chi connectivity index (χ0) is 15.6. The average molecular weight is 302 g/mol. The number of carbonyl (C=O) groups excluding carboxylic acids is 1. The summed E-state index contributed by atoms with van der Waals surface area (Å²) in [6.07, 6.45) is -3.73. The number of carbonyl (C=O) groups is 1. The number of halogens is 3. The van der Waals surface area contributed by atoms with Gasteiger partial charge in [-0.1, -0.05) is 0 Å². The second-order valence-electron chi connectivity index (χ2n) is 4.98. The van der Waals surface area contributed by atoms with Crippen LogP contribution in [0.1, 0.15) is 18.9 Å². The number of amides is 1. The van der Waals surface area contributed by atoms with E-state index in [1.54, 1.807) is 4.90 Å². The molecule has 1 amide bonds. The molecule has 2 N–H and O–H groups in total. The molecule has 0 spiro atoms. The van der Waals surface area contributed by atoms with Crippen molar-refractivity contribution in [2.75, 3.05) is 30.4 Å². The van der Waals surface area contributed by atoms with Gasteiger partial charge in [0, 0.05) is 33.1 Å². The van der Waals surface area contributed by atoms with Crippen LogP contribution in [0.3, 0.4) is 0 Å². The van der Waals surface area contributed by atoms with E-state index in [-0.39, 0.29) is 23.6 Å². The summed E-state index contributed by atoms with van der Waals surface area (Å²) in [6.45, 7) is 2.43. The van der Waals surface area contributed by atoms with Gasteiger partial charge in [0.2, 0.25) is 5.91 Å². The van der Waals surface area contributed by atoms with Crippen LogP contribution in [0, 0.1) is 0 Å². The number of nitrogens with one attached hydrogen (secondary N) is 2. The zero-order valence-corrected chi connectivity index (χ0v) is 11.8. The molecule has 0 radical (unpaired) electrons. The normalized spacial score (nSPS) is 18.7. The van der Waals surface area contributed by atoms with Crippen LogP contribution in [0.2, 0.25) is 0 Å². The fourth-order valence-corrected chi connectivity index (χ4v) is 2.34. The SMILES string of the molecule is CNc1cc(C(F)(F)F)cc(N2CCC(NC(C)=O)C2)n1. The van der Waals surface area contributed by atoms with Gasteiger partial charge in [0.05, 0.1) is 5.56 Å². The van der Waals surface area contributed by atoms with E-state index in [0.717, 1.165) is 12.1 Å². The molecule has 2 rings (SSSR count). The van der Waals surface area contributed by atoms with Gasteiger partial charge >= 0.3 is 6.18 Å². The van der Waals surface area contributed by atoms with Crippen molar-refractivity contribution in [2.24, 2.45) is 0 Å². The highest BCUT2D eigenvalue weighted by atomic mass is 19.4. The predicted molar refractivity (Wildman–Crippen MR) is 73.2 cm³/mol. The average Bonchev–Trinajstić information content (AvgIpc) is 2.84. The Morgan fingerprint density at radius 1 is 1.43 bits per heavy atom. The molecular weight excluding hydrogens is 285 g/mol. The Morgan fingerprint density at radius 2 is 2.14 bits per heavy atom. The molecule has 1 fully saturated rings. The van der Waals surface area contributed by atoms with Crippen molar-refractivity contribution in [1.29, 1.82) is 0 Å². The molecule has 0 bridgehead atoms. The van der Waals surface area contributed by atoms with E-state index in [9.17, 15) is 18.0 Å². The molecule has 1 unspecified atom stereocenters. The van der Waals surface area contributed by atoms with E-state index in [4.69, 9.17) is 0 Å². The van der Waals surface area contributed by atoms with Gasteiger partial charge in [0.15, 0.2) is 0 Å². The number of pyridine rings is 1. The smallest absolute Gasteiger partial charge is 0.373 e. The molecule has 116 valence electrons. The monoisotopic (exact) mass is 302 g/mol. The van der Waals surface area contributed by atoms with Crippen LogP contribution in [0.5, 0.6) is 0 Å². The van der Waals surface area contributed by atoms with Crippen molar-refractivity contribution in [3.8, 4) is 0 Å². The molecular formula is C13H17F3N4O. The fourth-order valence-electron chi connectivity index (χ4n) is 2.34. The van der Waals surface area contributed by atoms with Gasteiger partial charge in [0.25, 0.3) is 0 Å². The van der Waals surface area contributed by atoms with Crippen molar-refractivity contribution >= 4 is 17.5 Å². The first-order valence-corrected chi connectivity index (χ1v) is 6.58. The highest BCUT2D eigenvalue weighted by Gasteiger charge is 2.33. The molecule has 8 heteroatoms. The lowest BCUT2D eigenvalue weighted by Gasteiger charge is -2.20. The Labute approximate surface area is 120 Å². The highest BCUT2D eigenvalue weighted by molar-refractivity contribution is 5.73. The summed E-state index contributed by atoms with van der Waals surface area (Å²) in [4.78, 5) is 16.9. The third-order valence-corrected chi connectivity index (χ3v) is 3.31. The number of hydrogen-bond acceptors (Lipinski definition) is 4. The van der Waals surface area contributed by atoms with Crippen LogP contribution >= 0.6 is 0 Å². The van der Waals surface area contributed by atoms with E-state index in [2.05, 4.69) is 15.6 Å². The van der Waals surface area contributed by atoms with E-state index in [1.165, 1.54) is 14.0 Å². The van der Waals surface area contributed by atoms with Gasteiger partial charge in [-0.3, -0.25) is 4.79 Å². The van der Waals surface area contributed by atoms with Gasteiger partial charge in [-0.25, -0.2) is 4.98 Å². The van der Waals surface area contributed by atoms with E-state index >= 15 is 0 Å². The summed E-state index contributed by atoms with van der Waals surface area (Å²) >= 11 is 0.